The third-order valence-corrected chi connectivity index (χ3v) is 5.93. The number of carbonyl (C=O) groups excluding carboxylic acids is 2. The Balaban J connectivity index is 1.74. The molecule has 3 aromatic carbocycles. The van der Waals surface area contributed by atoms with Crippen molar-refractivity contribution >= 4 is 23.2 Å². The molecule has 4 rings (SSSR count). The highest BCUT2D eigenvalue weighted by molar-refractivity contribution is 6.00. The average molecular weight is 466 g/mol. The summed E-state index contributed by atoms with van der Waals surface area (Å²) >= 11 is 0. The Bertz CT molecular complexity index is 1180. The van der Waals surface area contributed by atoms with E-state index in [1.807, 2.05) is 0 Å². The summed E-state index contributed by atoms with van der Waals surface area (Å²) in [5.74, 6) is -1.51. The van der Waals surface area contributed by atoms with E-state index in [-0.39, 0.29) is 24.4 Å². The Kier molecular flexibility index (Phi) is 6.77. The second kappa shape index (κ2) is 9.91. The lowest BCUT2D eigenvalue weighted by molar-refractivity contribution is -0.126. The van der Waals surface area contributed by atoms with Crippen molar-refractivity contribution in [3.05, 3.63) is 83.9 Å². The number of piperidine rings is 1. The van der Waals surface area contributed by atoms with Crippen LogP contribution < -0.4 is 19.7 Å². The van der Waals surface area contributed by atoms with E-state index >= 15 is 0 Å². The topological polar surface area (TPSA) is 67.9 Å². The first-order valence-corrected chi connectivity index (χ1v) is 10.8. The Morgan fingerprint density at radius 2 is 1.56 bits per heavy atom. The molecule has 0 bridgehead atoms. The number of rotatable bonds is 6. The van der Waals surface area contributed by atoms with Crippen molar-refractivity contribution < 1.29 is 27.8 Å². The van der Waals surface area contributed by atoms with Crippen molar-refractivity contribution in [1.29, 1.82) is 0 Å². The monoisotopic (exact) mass is 466 g/mol. The van der Waals surface area contributed by atoms with E-state index < -0.39 is 29.5 Å². The molecule has 0 aromatic heterocycles. The van der Waals surface area contributed by atoms with Gasteiger partial charge in [-0.1, -0.05) is 12.1 Å². The largest absolute Gasteiger partial charge is 0.497 e. The van der Waals surface area contributed by atoms with Crippen LogP contribution in [0.1, 0.15) is 24.4 Å². The number of hydrogen-bond donors (Lipinski definition) is 1. The van der Waals surface area contributed by atoms with Gasteiger partial charge in [0.15, 0.2) is 0 Å². The summed E-state index contributed by atoms with van der Waals surface area (Å²) in [6, 6.07) is 16.3. The molecule has 6 nitrogen and oxygen atoms in total. The highest BCUT2D eigenvalue weighted by Gasteiger charge is 2.41. The van der Waals surface area contributed by atoms with Gasteiger partial charge in [-0.05, 0) is 60.5 Å². The number of ether oxygens (including phenoxy) is 2. The molecule has 2 amide bonds. The van der Waals surface area contributed by atoms with Gasteiger partial charge in [-0.2, -0.15) is 0 Å². The third kappa shape index (κ3) is 4.71. The fraction of sp³-hybridized carbons (Fsp3) is 0.231. The second-order valence-electron chi connectivity index (χ2n) is 7.94. The van der Waals surface area contributed by atoms with Gasteiger partial charge in [-0.3, -0.25) is 9.59 Å². The molecule has 3 aromatic rings. The fourth-order valence-electron chi connectivity index (χ4n) is 4.22. The standard InChI is InChI=1S/C26H24F2N2O4/c1-33-19-8-3-16(4-9-19)25-21(26(32)29-23-15-17(27)5-13-22(23)28)12-14-24(31)30(25)18-6-10-20(34-2)11-7-18/h3-11,13,15,21,25H,12,14H2,1-2H3,(H,29,32)/t21-,25-/m0/s1. The number of amides is 2. The number of carbonyl (C=O) groups is 2. The lowest BCUT2D eigenvalue weighted by Crippen LogP contribution is -2.47. The number of halogens is 2. The molecule has 34 heavy (non-hydrogen) atoms. The summed E-state index contributed by atoms with van der Waals surface area (Å²) in [7, 11) is 3.10. The summed E-state index contributed by atoms with van der Waals surface area (Å²) in [6.45, 7) is 0. The second-order valence-corrected chi connectivity index (χ2v) is 7.94. The Hall–Kier alpha value is -3.94. The number of nitrogens with one attached hydrogen (secondary N) is 1. The van der Waals surface area contributed by atoms with Crippen LogP contribution in [0.2, 0.25) is 0 Å². The van der Waals surface area contributed by atoms with Gasteiger partial charge in [0.2, 0.25) is 11.8 Å². The van der Waals surface area contributed by atoms with Crippen molar-refractivity contribution in [1.82, 2.24) is 0 Å². The van der Waals surface area contributed by atoms with Crippen molar-refractivity contribution in [2.24, 2.45) is 5.92 Å². The van der Waals surface area contributed by atoms with Gasteiger partial charge < -0.3 is 19.7 Å². The van der Waals surface area contributed by atoms with E-state index in [2.05, 4.69) is 5.32 Å². The molecule has 0 radical (unpaired) electrons. The first-order valence-electron chi connectivity index (χ1n) is 10.8. The van der Waals surface area contributed by atoms with Crippen LogP contribution in [-0.4, -0.2) is 26.0 Å². The van der Waals surface area contributed by atoms with Gasteiger partial charge in [0, 0.05) is 18.2 Å². The average Bonchev–Trinajstić information content (AvgIpc) is 2.86. The van der Waals surface area contributed by atoms with Crippen LogP contribution in [0.4, 0.5) is 20.2 Å². The molecule has 8 heteroatoms. The van der Waals surface area contributed by atoms with Crippen molar-refractivity contribution in [3.8, 4) is 11.5 Å². The maximum Gasteiger partial charge on any atom is 0.230 e. The molecule has 2 atom stereocenters. The van der Waals surface area contributed by atoms with Crippen LogP contribution in [0.3, 0.4) is 0 Å². The summed E-state index contributed by atoms with van der Waals surface area (Å²) in [5, 5.41) is 2.51. The van der Waals surface area contributed by atoms with Crippen molar-refractivity contribution in [3.63, 3.8) is 0 Å². The van der Waals surface area contributed by atoms with E-state index in [0.29, 0.717) is 22.7 Å². The molecule has 1 saturated heterocycles. The van der Waals surface area contributed by atoms with Crippen LogP contribution in [0.25, 0.3) is 0 Å². The number of benzene rings is 3. The van der Waals surface area contributed by atoms with E-state index in [4.69, 9.17) is 9.47 Å². The van der Waals surface area contributed by atoms with Crippen LogP contribution >= 0.6 is 0 Å². The highest BCUT2D eigenvalue weighted by atomic mass is 19.1. The molecule has 1 fully saturated rings. The van der Waals surface area contributed by atoms with Crippen LogP contribution in [-0.2, 0) is 9.59 Å². The van der Waals surface area contributed by atoms with Gasteiger partial charge in [0.05, 0.1) is 31.9 Å². The van der Waals surface area contributed by atoms with E-state index in [1.54, 1.807) is 67.7 Å². The first kappa shape index (κ1) is 23.2. The predicted octanol–water partition coefficient (Wildman–Crippen LogP) is 5.11. The molecule has 0 saturated carbocycles. The molecule has 1 heterocycles. The van der Waals surface area contributed by atoms with Crippen molar-refractivity contribution in [2.45, 2.75) is 18.9 Å². The number of anilines is 2. The number of nitrogens with zero attached hydrogens (tertiary/aromatic N) is 1. The van der Waals surface area contributed by atoms with E-state index in [1.165, 1.54) is 0 Å². The van der Waals surface area contributed by atoms with Gasteiger partial charge in [-0.15, -0.1) is 0 Å². The van der Waals surface area contributed by atoms with Gasteiger partial charge in [0.1, 0.15) is 23.1 Å². The van der Waals surface area contributed by atoms with Gasteiger partial charge >= 0.3 is 0 Å². The molecule has 1 aliphatic rings. The zero-order chi connectivity index (χ0) is 24.2. The Labute approximate surface area is 196 Å². The van der Waals surface area contributed by atoms with Gasteiger partial charge in [-0.25, -0.2) is 8.78 Å². The quantitative estimate of drug-likeness (QED) is 0.549. The SMILES string of the molecule is COc1ccc([C@H]2[C@@H](C(=O)Nc3cc(F)ccc3F)CCC(=O)N2c2ccc(OC)cc2)cc1. The van der Waals surface area contributed by atoms with E-state index in [9.17, 15) is 18.4 Å². The minimum Gasteiger partial charge on any atom is -0.497 e. The lowest BCUT2D eigenvalue weighted by atomic mass is 9.83. The molecule has 176 valence electrons. The third-order valence-electron chi connectivity index (χ3n) is 5.93. The lowest BCUT2D eigenvalue weighted by Gasteiger charge is -2.41. The zero-order valence-corrected chi connectivity index (χ0v) is 18.8. The van der Waals surface area contributed by atoms with Crippen molar-refractivity contribution in [2.75, 3.05) is 24.4 Å². The molecule has 0 unspecified atom stereocenters. The highest BCUT2D eigenvalue weighted by Crippen LogP contribution is 2.41. The summed E-state index contributed by atoms with van der Waals surface area (Å²) in [5.41, 5.74) is 1.07. The molecule has 1 aliphatic heterocycles. The van der Waals surface area contributed by atoms with Gasteiger partial charge in [0.25, 0.3) is 0 Å². The molecule has 1 N–H and O–H groups in total. The molecule has 0 spiro atoms. The number of hydrogen-bond acceptors (Lipinski definition) is 4. The number of methoxy groups -OCH3 is 2. The normalized spacial score (nSPS) is 17.9. The zero-order valence-electron chi connectivity index (χ0n) is 18.8. The minimum atomic E-state index is -0.741. The maximum absolute atomic E-state index is 14.2. The summed E-state index contributed by atoms with van der Waals surface area (Å²) in [4.78, 5) is 28.0. The smallest absolute Gasteiger partial charge is 0.230 e. The minimum absolute atomic E-state index is 0.127. The Morgan fingerprint density at radius 3 is 2.18 bits per heavy atom. The predicted molar refractivity (Wildman–Crippen MR) is 124 cm³/mol. The van der Waals surface area contributed by atoms with E-state index in [0.717, 1.165) is 18.2 Å². The summed E-state index contributed by atoms with van der Waals surface area (Å²) in [6.07, 6.45) is 0.382. The molecular weight excluding hydrogens is 442 g/mol. The maximum atomic E-state index is 14.2. The first-order chi connectivity index (χ1) is 16.4. The molecule has 0 aliphatic carbocycles. The van der Waals surface area contributed by atoms with Crippen LogP contribution in [0.15, 0.2) is 66.7 Å². The molecular formula is C26H24F2N2O4. The van der Waals surface area contributed by atoms with Crippen LogP contribution in [0.5, 0.6) is 11.5 Å². The van der Waals surface area contributed by atoms with Crippen LogP contribution in [0, 0.1) is 17.6 Å². The fourth-order valence-corrected chi connectivity index (χ4v) is 4.22. The summed E-state index contributed by atoms with van der Waals surface area (Å²) < 4.78 is 38.3. The Morgan fingerprint density at radius 1 is 0.941 bits per heavy atom.